The van der Waals surface area contributed by atoms with Crippen LogP contribution in [0.2, 0.25) is 0 Å². The number of fused-ring (bicyclic) bond motifs is 1. The van der Waals surface area contributed by atoms with E-state index in [1.807, 2.05) is 0 Å². The Labute approximate surface area is 156 Å². The molecule has 2 heterocycles. The Morgan fingerprint density at radius 3 is 2.07 bits per heavy atom. The summed E-state index contributed by atoms with van der Waals surface area (Å²) in [4.78, 5) is 8.42. The van der Waals surface area contributed by atoms with Gasteiger partial charge < -0.3 is 4.57 Å². The van der Waals surface area contributed by atoms with E-state index in [4.69, 9.17) is 0 Å². The maximum Gasteiger partial charge on any atom is 0.416 e. The minimum absolute atomic E-state index is 0.0342. The molecule has 3 nitrogen and oxygen atoms in total. The number of aromatic nitrogens is 3. The molecular formula is C19H15F6N3. The average molecular weight is 399 g/mol. The molecule has 9 heteroatoms. The van der Waals surface area contributed by atoms with Gasteiger partial charge >= 0.3 is 12.4 Å². The molecule has 0 aliphatic heterocycles. The summed E-state index contributed by atoms with van der Waals surface area (Å²) in [7, 11) is 0. The lowest BCUT2D eigenvalue weighted by molar-refractivity contribution is -0.143. The number of nitrogens with zero attached hydrogens (tertiary/aromatic N) is 3. The topological polar surface area (TPSA) is 30.7 Å². The van der Waals surface area contributed by atoms with Crippen molar-refractivity contribution >= 4 is 11.2 Å². The second-order valence-corrected chi connectivity index (χ2v) is 6.88. The Kier molecular flexibility index (Phi) is 4.35. The summed E-state index contributed by atoms with van der Waals surface area (Å²) in [6, 6.07) is 4.95. The Balaban J connectivity index is 1.98. The van der Waals surface area contributed by atoms with E-state index in [0.717, 1.165) is 37.8 Å². The summed E-state index contributed by atoms with van der Waals surface area (Å²) in [5.41, 5.74) is -2.01. The largest absolute Gasteiger partial charge is 0.416 e. The van der Waals surface area contributed by atoms with Crippen molar-refractivity contribution in [1.82, 2.24) is 14.5 Å². The molecule has 0 spiro atoms. The molecule has 2 aromatic heterocycles. The number of hydrogen-bond donors (Lipinski definition) is 0. The SMILES string of the molecule is FC(F)(F)c1cc(-c2nc3ncccc3n2C2CCCC2)cc(C(F)(F)F)c1. The van der Waals surface area contributed by atoms with E-state index in [9.17, 15) is 26.3 Å². The van der Waals surface area contributed by atoms with Gasteiger partial charge in [-0.3, -0.25) is 0 Å². The lowest BCUT2D eigenvalue weighted by Gasteiger charge is -2.18. The summed E-state index contributed by atoms with van der Waals surface area (Å²) in [6.07, 6.45) is -4.85. The monoisotopic (exact) mass is 399 g/mol. The zero-order valence-electron chi connectivity index (χ0n) is 14.5. The molecule has 1 saturated carbocycles. The van der Waals surface area contributed by atoms with Gasteiger partial charge in [-0.15, -0.1) is 0 Å². The molecule has 0 radical (unpaired) electrons. The predicted octanol–water partition coefficient (Wildman–Crippen LogP) is 6.25. The van der Waals surface area contributed by atoms with Crippen LogP contribution in [0.25, 0.3) is 22.6 Å². The summed E-state index contributed by atoms with van der Waals surface area (Å²) < 4.78 is 81.2. The second kappa shape index (κ2) is 6.49. The summed E-state index contributed by atoms with van der Waals surface area (Å²) in [5, 5.41) is 0. The first-order valence-corrected chi connectivity index (χ1v) is 8.77. The maximum atomic E-state index is 13.3. The normalized spacial score (nSPS) is 16.2. The van der Waals surface area contributed by atoms with Crippen molar-refractivity contribution in [1.29, 1.82) is 0 Å². The molecule has 0 atom stereocenters. The van der Waals surface area contributed by atoms with Gasteiger partial charge in [0.1, 0.15) is 5.82 Å². The Morgan fingerprint density at radius 1 is 0.893 bits per heavy atom. The molecule has 1 aliphatic rings. The molecule has 148 valence electrons. The minimum Gasteiger partial charge on any atom is -0.319 e. The second-order valence-electron chi connectivity index (χ2n) is 6.88. The molecule has 1 aliphatic carbocycles. The van der Waals surface area contributed by atoms with Crippen LogP contribution >= 0.6 is 0 Å². The first-order valence-electron chi connectivity index (χ1n) is 8.77. The van der Waals surface area contributed by atoms with Crippen LogP contribution in [0, 0.1) is 0 Å². The predicted molar refractivity (Wildman–Crippen MR) is 90.5 cm³/mol. The Hall–Kier alpha value is -2.58. The number of hydrogen-bond acceptors (Lipinski definition) is 2. The van der Waals surface area contributed by atoms with Crippen molar-refractivity contribution in [3.63, 3.8) is 0 Å². The number of halogens is 6. The van der Waals surface area contributed by atoms with Gasteiger partial charge in [0.15, 0.2) is 5.65 Å². The van der Waals surface area contributed by atoms with Crippen LogP contribution < -0.4 is 0 Å². The van der Waals surface area contributed by atoms with Crippen molar-refractivity contribution in [2.45, 2.75) is 44.1 Å². The van der Waals surface area contributed by atoms with Gasteiger partial charge in [-0.1, -0.05) is 12.8 Å². The molecule has 0 saturated heterocycles. The fourth-order valence-corrected chi connectivity index (χ4v) is 3.75. The fourth-order valence-electron chi connectivity index (χ4n) is 3.75. The number of rotatable bonds is 2. The molecule has 0 N–H and O–H groups in total. The lowest BCUT2D eigenvalue weighted by Crippen LogP contribution is -2.12. The third kappa shape index (κ3) is 3.33. The van der Waals surface area contributed by atoms with E-state index in [-0.39, 0.29) is 23.5 Å². The van der Waals surface area contributed by atoms with Crippen molar-refractivity contribution in [2.75, 3.05) is 0 Å². The van der Waals surface area contributed by atoms with Crippen molar-refractivity contribution in [3.05, 3.63) is 47.7 Å². The molecule has 1 fully saturated rings. The van der Waals surface area contributed by atoms with Crippen molar-refractivity contribution in [3.8, 4) is 11.4 Å². The van der Waals surface area contributed by atoms with Crippen molar-refractivity contribution < 1.29 is 26.3 Å². The van der Waals surface area contributed by atoms with Crippen LogP contribution in [-0.4, -0.2) is 14.5 Å². The van der Waals surface area contributed by atoms with Gasteiger partial charge in [-0.2, -0.15) is 26.3 Å². The van der Waals surface area contributed by atoms with Crippen LogP contribution in [0.15, 0.2) is 36.5 Å². The average Bonchev–Trinajstić information content (AvgIpc) is 3.26. The summed E-state index contributed by atoms with van der Waals surface area (Å²) >= 11 is 0. The highest BCUT2D eigenvalue weighted by molar-refractivity contribution is 5.78. The smallest absolute Gasteiger partial charge is 0.319 e. The van der Waals surface area contributed by atoms with Gasteiger partial charge in [0.2, 0.25) is 0 Å². The van der Waals surface area contributed by atoms with E-state index >= 15 is 0 Å². The van der Waals surface area contributed by atoms with Gasteiger partial charge in [-0.05, 0) is 43.2 Å². The minimum atomic E-state index is -4.90. The van der Waals surface area contributed by atoms with Gasteiger partial charge in [0, 0.05) is 17.8 Å². The van der Waals surface area contributed by atoms with Crippen LogP contribution in [0.1, 0.15) is 42.9 Å². The quantitative estimate of drug-likeness (QED) is 0.477. The third-order valence-corrected chi connectivity index (χ3v) is 5.00. The van der Waals surface area contributed by atoms with Crippen LogP contribution in [-0.2, 0) is 12.4 Å². The van der Waals surface area contributed by atoms with E-state index in [0.29, 0.717) is 11.2 Å². The first-order chi connectivity index (χ1) is 13.1. The molecule has 28 heavy (non-hydrogen) atoms. The van der Waals surface area contributed by atoms with E-state index < -0.39 is 23.5 Å². The Morgan fingerprint density at radius 2 is 1.50 bits per heavy atom. The number of pyridine rings is 1. The third-order valence-electron chi connectivity index (χ3n) is 5.00. The molecule has 0 bridgehead atoms. The lowest BCUT2D eigenvalue weighted by atomic mass is 10.0. The van der Waals surface area contributed by atoms with E-state index in [1.165, 1.54) is 6.20 Å². The van der Waals surface area contributed by atoms with E-state index in [2.05, 4.69) is 9.97 Å². The standard InChI is InChI=1S/C19H15F6N3/c20-18(21,22)12-8-11(9-13(10-12)19(23,24)25)17-27-16-15(6-3-7-26-16)28(17)14-4-1-2-5-14/h3,6-10,14H,1-2,4-5H2. The van der Waals surface area contributed by atoms with Crippen LogP contribution in [0.4, 0.5) is 26.3 Å². The number of imidazole rings is 1. The summed E-state index contributed by atoms with van der Waals surface area (Å²) in [6.45, 7) is 0. The highest BCUT2D eigenvalue weighted by atomic mass is 19.4. The Bertz CT molecular complexity index is 980. The highest BCUT2D eigenvalue weighted by Crippen LogP contribution is 2.41. The van der Waals surface area contributed by atoms with Gasteiger partial charge in [0.25, 0.3) is 0 Å². The zero-order valence-corrected chi connectivity index (χ0v) is 14.5. The highest BCUT2D eigenvalue weighted by Gasteiger charge is 2.37. The maximum absolute atomic E-state index is 13.3. The van der Waals surface area contributed by atoms with Crippen LogP contribution in [0.5, 0.6) is 0 Å². The molecular weight excluding hydrogens is 384 g/mol. The number of alkyl halides is 6. The zero-order chi connectivity index (χ0) is 20.1. The van der Waals surface area contributed by atoms with Gasteiger partial charge in [0.05, 0.1) is 16.6 Å². The first kappa shape index (κ1) is 18.8. The molecule has 3 aromatic rings. The van der Waals surface area contributed by atoms with Crippen LogP contribution in [0.3, 0.4) is 0 Å². The summed E-state index contributed by atoms with van der Waals surface area (Å²) in [5.74, 6) is 0.0807. The number of benzene rings is 1. The van der Waals surface area contributed by atoms with Crippen molar-refractivity contribution in [2.24, 2.45) is 0 Å². The molecule has 1 aromatic carbocycles. The molecule has 4 rings (SSSR count). The fraction of sp³-hybridized carbons (Fsp3) is 0.368. The van der Waals surface area contributed by atoms with E-state index in [1.54, 1.807) is 16.7 Å². The van der Waals surface area contributed by atoms with Gasteiger partial charge in [-0.25, -0.2) is 9.97 Å². The molecule has 0 amide bonds. The molecule has 0 unspecified atom stereocenters.